The Kier molecular flexibility index (Phi) is 23.0. The number of thiazole rings is 1. The van der Waals surface area contributed by atoms with Crippen LogP contribution in [0.1, 0.15) is 129 Å². The summed E-state index contributed by atoms with van der Waals surface area (Å²) in [5, 5.41) is 26.6. The standard InChI is InChI=1S/C63H77BrF2N9O13PS2/c1-35(2)54(49-25-36(3)72-88-49)60(82)74-31-44(76)28-47(74)57(79)70-46(38-13-15-39(16-14-38)55-37(4)69-34-90-55)30-52(77)67-23-11-9-10-12-24-68-53(78)33-87-45-29-48(59(81)73(8)43-20-18-42(64)19-21-43)75(32-45)61(83)56(62(5,6)7)71-58(80)51-27-40-26-41(17-22-50(40)91-51)63(65,66)89(84,85)86/h13-22,25-27,34-35,44-48,54,56,76H,9-12,23-24,28-33H2,1-8H3,(H,67,77)(H,68,78)(H,70,79)(H,71,80)(H2,84,85,86)/t44-,45-,46+,47+,48+,54-,56-/m1/s1. The molecule has 7 N–H and O–H groups in total. The molecule has 5 heterocycles. The van der Waals surface area contributed by atoms with Gasteiger partial charge < -0.3 is 60.1 Å². The van der Waals surface area contributed by atoms with Gasteiger partial charge >= 0.3 is 13.3 Å². The second-order valence-electron chi connectivity index (χ2n) is 24.5. The zero-order chi connectivity index (χ0) is 66.3. The molecule has 0 unspecified atom stereocenters. The number of β-amino-alcohol motifs (C(OH)–C–C–N with tert-alkyl or cyclic N) is 1. The van der Waals surface area contributed by atoms with E-state index in [-0.39, 0.29) is 67.0 Å². The maximum atomic E-state index is 14.8. The Morgan fingerprint density at radius 3 is 2.11 bits per heavy atom. The van der Waals surface area contributed by atoms with E-state index in [0.717, 1.165) is 44.1 Å². The van der Waals surface area contributed by atoms with E-state index in [1.54, 1.807) is 70.6 Å². The number of aromatic nitrogens is 2. The average Bonchev–Trinajstić information content (AvgIpc) is 1.74. The zero-order valence-corrected chi connectivity index (χ0v) is 55.9. The van der Waals surface area contributed by atoms with Crippen LogP contribution in [-0.4, -0.2) is 146 Å². The number of fused-ring (bicyclic) bond motifs is 1. The lowest BCUT2D eigenvalue weighted by Gasteiger charge is -2.36. The third-order valence-electron chi connectivity index (χ3n) is 16.2. The molecule has 0 spiro atoms. The number of aliphatic hydroxyl groups is 1. The lowest BCUT2D eigenvalue weighted by molar-refractivity contribution is -0.141. The summed E-state index contributed by atoms with van der Waals surface area (Å²) in [5.74, 6) is -3.97. The fourth-order valence-electron chi connectivity index (χ4n) is 11.2. The third kappa shape index (κ3) is 17.3. The number of anilines is 1. The van der Waals surface area contributed by atoms with Gasteiger partial charge in [-0.3, -0.25) is 38.1 Å². The number of likely N-dealkylation sites (N-methyl/N-ethyl adjacent to an activating group) is 1. The highest BCUT2D eigenvalue weighted by Crippen LogP contribution is 2.59. The van der Waals surface area contributed by atoms with Crippen LogP contribution in [0.5, 0.6) is 0 Å². The van der Waals surface area contributed by atoms with E-state index in [4.69, 9.17) is 9.26 Å². The van der Waals surface area contributed by atoms with Gasteiger partial charge in [0.15, 0.2) is 0 Å². The van der Waals surface area contributed by atoms with Gasteiger partial charge in [0, 0.05) is 72.6 Å². The number of thiophene rings is 1. The van der Waals surface area contributed by atoms with Crippen molar-refractivity contribution in [2.24, 2.45) is 11.3 Å². The molecule has 7 amide bonds. The Morgan fingerprint density at radius 2 is 1.51 bits per heavy atom. The van der Waals surface area contributed by atoms with E-state index in [0.29, 0.717) is 66.2 Å². The molecule has 0 radical (unpaired) electrons. The van der Waals surface area contributed by atoms with Crippen molar-refractivity contribution in [3.05, 3.63) is 122 Å². The number of benzene rings is 3. The van der Waals surface area contributed by atoms with Gasteiger partial charge in [0.1, 0.15) is 36.4 Å². The van der Waals surface area contributed by atoms with Crippen molar-refractivity contribution < 1.29 is 71.1 Å². The number of likely N-dealkylation sites (tertiary alicyclic amines) is 2. The van der Waals surface area contributed by atoms with E-state index in [1.165, 1.54) is 38.2 Å². The van der Waals surface area contributed by atoms with Crippen LogP contribution in [0.25, 0.3) is 20.5 Å². The summed E-state index contributed by atoms with van der Waals surface area (Å²) in [5.41, 5.74) is -0.972. The second-order valence-corrected chi connectivity index (χ2v) is 29.0. The summed E-state index contributed by atoms with van der Waals surface area (Å²) in [4.78, 5) is 126. The molecule has 91 heavy (non-hydrogen) atoms. The molecular formula is C63H77BrF2N9O13PS2. The Morgan fingerprint density at radius 1 is 0.846 bits per heavy atom. The lowest BCUT2D eigenvalue weighted by atomic mass is 9.85. The number of rotatable bonds is 26. The van der Waals surface area contributed by atoms with Crippen LogP contribution in [0.4, 0.5) is 14.5 Å². The molecule has 2 aliphatic rings. The number of nitrogens with one attached hydrogen (secondary N) is 4. The maximum Gasteiger partial charge on any atom is 0.399 e. The molecular weight excluding hydrogens is 1300 g/mol. The van der Waals surface area contributed by atoms with Gasteiger partial charge in [0.25, 0.3) is 5.91 Å². The minimum Gasteiger partial charge on any atom is -0.391 e. The number of hydrogen-bond donors (Lipinski definition) is 7. The quantitative estimate of drug-likeness (QED) is 0.0197. The number of hydrogen-bond acceptors (Lipinski definition) is 15. The number of alkyl halides is 2. The zero-order valence-electron chi connectivity index (χ0n) is 51.7. The molecule has 2 saturated heterocycles. The summed E-state index contributed by atoms with van der Waals surface area (Å²) < 4.78 is 53.5. The number of unbranched alkanes of at least 4 members (excludes halogenated alkanes) is 3. The third-order valence-corrected chi connectivity index (χ3v) is 19.8. The predicted molar refractivity (Wildman–Crippen MR) is 343 cm³/mol. The molecule has 3 aromatic heterocycles. The number of aryl methyl sites for hydroxylation is 2. The number of halogens is 3. The van der Waals surface area contributed by atoms with E-state index in [1.807, 2.05) is 45.0 Å². The van der Waals surface area contributed by atoms with E-state index < -0.39 is 96.1 Å². The molecule has 490 valence electrons. The maximum absolute atomic E-state index is 14.8. The highest BCUT2D eigenvalue weighted by atomic mass is 79.9. The predicted octanol–water partition coefficient (Wildman–Crippen LogP) is 8.85. The summed E-state index contributed by atoms with van der Waals surface area (Å²) >= 11 is 5.84. The fourth-order valence-corrected chi connectivity index (χ4v) is 13.7. The number of ether oxygens (including phenoxy) is 1. The number of carbonyl (C=O) groups is 7. The normalized spacial score (nSPS) is 18.1. The van der Waals surface area contributed by atoms with Gasteiger partial charge in [0.05, 0.1) is 51.3 Å². The fraction of sp³-hybridized carbons (Fsp3) is 0.476. The Balaban J connectivity index is 0.830. The molecule has 2 aliphatic heterocycles. The highest BCUT2D eigenvalue weighted by Gasteiger charge is 2.51. The van der Waals surface area contributed by atoms with Gasteiger partial charge in [-0.1, -0.05) is 98.9 Å². The van der Waals surface area contributed by atoms with Crippen molar-refractivity contribution in [1.82, 2.24) is 41.2 Å². The number of amides is 7. The first-order valence-electron chi connectivity index (χ1n) is 29.9. The molecule has 0 bridgehead atoms. The van der Waals surface area contributed by atoms with E-state index in [2.05, 4.69) is 47.3 Å². The Bertz CT molecular complexity index is 3650. The number of carbonyl (C=O) groups excluding carboxylic acids is 7. The minimum atomic E-state index is -5.87. The molecule has 0 saturated carbocycles. The molecule has 7 atom stereocenters. The second kappa shape index (κ2) is 29.8. The number of nitrogens with zero attached hydrogens (tertiary/aromatic N) is 5. The van der Waals surface area contributed by atoms with Gasteiger partial charge in [-0.15, -0.1) is 22.7 Å². The van der Waals surface area contributed by atoms with Gasteiger partial charge in [-0.25, -0.2) is 4.98 Å². The van der Waals surface area contributed by atoms with Crippen LogP contribution in [0.3, 0.4) is 0 Å². The van der Waals surface area contributed by atoms with Crippen molar-refractivity contribution in [2.45, 2.75) is 141 Å². The molecule has 28 heteroatoms. The summed E-state index contributed by atoms with van der Waals surface area (Å²) in [6.07, 6.45) is 0.849. The summed E-state index contributed by atoms with van der Waals surface area (Å²) in [7, 11) is -4.30. The van der Waals surface area contributed by atoms with Crippen molar-refractivity contribution in [1.29, 1.82) is 0 Å². The smallest absolute Gasteiger partial charge is 0.391 e. The first kappa shape index (κ1) is 70.0. The van der Waals surface area contributed by atoms with Crippen LogP contribution in [-0.2, 0) is 43.7 Å². The minimum absolute atomic E-state index is 0.0118. The van der Waals surface area contributed by atoms with Crippen molar-refractivity contribution in [3.63, 3.8) is 0 Å². The van der Waals surface area contributed by atoms with Gasteiger partial charge in [-0.2, -0.15) is 8.78 Å². The van der Waals surface area contributed by atoms with Crippen LogP contribution in [0.15, 0.2) is 93.4 Å². The molecule has 0 aliphatic carbocycles. The first-order valence-corrected chi connectivity index (χ1v) is 34.0. The van der Waals surface area contributed by atoms with E-state index >= 15 is 0 Å². The van der Waals surface area contributed by atoms with Crippen molar-refractivity contribution in [2.75, 3.05) is 44.7 Å². The Labute approximate surface area is 542 Å². The molecule has 6 aromatic rings. The molecule has 22 nitrogen and oxygen atoms in total. The summed E-state index contributed by atoms with van der Waals surface area (Å²) in [6.45, 7) is 12.7. The largest absolute Gasteiger partial charge is 0.399 e. The van der Waals surface area contributed by atoms with Crippen LogP contribution in [0.2, 0.25) is 0 Å². The van der Waals surface area contributed by atoms with Gasteiger partial charge in [-0.05, 0) is 97.0 Å². The van der Waals surface area contributed by atoms with Crippen molar-refractivity contribution >= 4 is 103 Å². The highest BCUT2D eigenvalue weighted by molar-refractivity contribution is 9.10. The van der Waals surface area contributed by atoms with Gasteiger partial charge in [0.2, 0.25) is 35.4 Å². The van der Waals surface area contributed by atoms with Crippen LogP contribution < -0.4 is 26.2 Å². The Hall–Kier alpha value is -6.84. The monoisotopic (exact) mass is 1380 g/mol. The molecule has 8 rings (SSSR count). The SMILES string of the molecule is Cc1cc([C@H](C(=O)N2C[C@H](O)C[C@H]2C(=O)N[C@@H](CC(=O)NCCCCCCNC(=O)CO[C@@H]2C[C@@H](C(=O)N(C)c3ccc(Br)cc3)N(C(=O)[C@@H](NC(=O)c3cc4cc(C(F)(F)P(=O)(O)O)ccc4s3)C(C)(C)C)C2)c2ccc(-c3scnc3C)cc2)C(C)C)on1. The van der Waals surface area contributed by atoms with E-state index in [9.17, 15) is 61.8 Å². The average molecular weight is 1380 g/mol. The van der Waals surface area contributed by atoms with Crippen LogP contribution >= 0.6 is 46.2 Å². The number of aliphatic hydroxyl groups excluding tert-OH is 1. The summed E-state index contributed by atoms with van der Waals surface area (Å²) in [6, 6.07) is 16.4. The first-order chi connectivity index (χ1) is 42.9. The van der Waals surface area contributed by atoms with Crippen molar-refractivity contribution in [3.8, 4) is 10.4 Å². The lowest BCUT2D eigenvalue weighted by Crippen LogP contribution is -2.57. The molecule has 3 aromatic carbocycles. The topological polar surface area (TPSA) is 303 Å². The molecule has 2 fully saturated rings. The van der Waals surface area contributed by atoms with Crippen LogP contribution in [0, 0.1) is 25.2 Å².